The summed E-state index contributed by atoms with van der Waals surface area (Å²) < 4.78 is 0. The van der Waals surface area contributed by atoms with E-state index in [0.29, 0.717) is 10.7 Å². The predicted molar refractivity (Wildman–Crippen MR) is 146 cm³/mol. The SMILES string of the molecule is CC.C[C@@H]1CN(C2C=CC(=O)Nc3ccccc32)CCN1c1ccc(NC(=O)C(C)(C)C)cc1Cl. The van der Waals surface area contributed by atoms with Gasteiger partial charge < -0.3 is 15.5 Å². The van der Waals surface area contributed by atoms with E-state index in [1.54, 1.807) is 6.08 Å². The summed E-state index contributed by atoms with van der Waals surface area (Å²) in [6.07, 6.45) is 3.62. The number of halogens is 1. The molecule has 0 saturated carbocycles. The number of hydrogen-bond donors (Lipinski definition) is 2. The van der Waals surface area contributed by atoms with Crippen LogP contribution >= 0.6 is 11.6 Å². The van der Waals surface area contributed by atoms with Crippen LogP contribution in [0.2, 0.25) is 5.02 Å². The number of anilines is 3. The summed E-state index contributed by atoms with van der Waals surface area (Å²) in [6, 6.07) is 14.0. The van der Waals surface area contributed by atoms with Gasteiger partial charge in [-0.2, -0.15) is 0 Å². The highest BCUT2D eigenvalue weighted by Crippen LogP contribution is 2.36. The van der Waals surface area contributed by atoms with Crippen molar-refractivity contribution in [2.75, 3.05) is 35.2 Å². The normalized spacial score (nSPS) is 20.2. The van der Waals surface area contributed by atoms with Gasteiger partial charge in [-0.3, -0.25) is 14.5 Å². The maximum absolute atomic E-state index is 12.3. The zero-order valence-electron chi connectivity index (χ0n) is 21.6. The third-order valence-corrected chi connectivity index (χ3v) is 6.52. The molecule has 0 bridgehead atoms. The van der Waals surface area contributed by atoms with E-state index >= 15 is 0 Å². The number of nitrogens with zero attached hydrogens (tertiary/aromatic N) is 2. The van der Waals surface area contributed by atoms with Gasteiger partial charge in [0, 0.05) is 48.5 Å². The van der Waals surface area contributed by atoms with Gasteiger partial charge in [-0.15, -0.1) is 0 Å². The molecule has 0 aromatic heterocycles. The van der Waals surface area contributed by atoms with Gasteiger partial charge in [-0.25, -0.2) is 0 Å². The van der Waals surface area contributed by atoms with Crippen LogP contribution in [0, 0.1) is 5.41 Å². The Morgan fingerprint density at radius 1 is 1.11 bits per heavy atom. The molecule has 6 nitrogen and oxygen atoms in total. The van der Waals surface area contributed by atoms with E-state index in [1.165, 1.54) is 0 Å². The number of rotatable bonds is 3. The highest BCUT2D eigenvalue weighted by Gasteiger charge is 2.31. The van der Waals surface area contributed by atoms with Crippen LogP contribution in [0.25, 0.3) is 0 Å². The Kier molecular flexibility index (Phi) is 8.62. The van der Waals surface area contributed by atoms with Crippen molar-refractivity contribution in [1.29, 1.82) is 0 Å². The quantitative estimate of drug-likeness (QED) is 0.538. The molecule has 0 radical (unpaired) electrons. The van der Waals surface area contributed by atoms with Crippen molar-refractivity contribution in [3.05, 3.63) is 65.2 Å². The summed E-state index contributed by atoms with van der Waals surface area (Å²) in [5.41, 5.74) is 3.17. The summed E-state index contributed by atoms with van der Waals surface area (Å²) in [7, 11) is 0. The smallest absolute Gasteiger partial charge is 0.248 e. The first-order valence-corrected chi connectivity index (χ1v) is 12.7. The number of para-hydroxylation sites is 1. The average molecular weight is 497 g/mol. The fourth-order valence-corrected chi connectivity index (χ4v) is 4.67. The van der Waals surface area contributed by atoms with Crippen molar-refractivity contribution in [1.82, 2.24) is 4.90 Å². The Bertz CT molecular complexity index is 1090. The first-order chi connectivity index (χ1) is 16.6. The maximum Gasteiger partial charge on any atom is 0.248 e. The summed E-state index contributed by atoms with van der Waals surface area (Å²) in [5.74, 6) is -0.139. The minimum atomic E-state index is -0.471. The minimum Gasteiger partial charge on any atom is -0.365 e. The van der Waals surface area contributed by atoms with Gasteiger partial charge in [0.2, 0.25) is 11.8 Å². The van der Waals surface area contributed by atoms with Gasteiger partial charge in [0.1, 0.15) is 0 Å². The molecule has 2 aliphatic heterocycles. The van der Waals surface area contributed by atoms with Crippen LogP contribution in [0.15, 0.2) is 54.6 Å². The van der Waals surface area contributed by atoms with E-state index in [9.17, 15) is 9.59 Å². The summed E-state index contributed by atoms with van der Waals surface area (Å²) in [6.45, 7) is 14.3. The molecule has 2 aromatic carbocycles. The van der Waals surface area contributed by atoms with Crippen LogP contribution in [0.3, 0.4) is 0 Å². The van der Waals surface area contributed by atoms with Gasteiger partial charge in [-0.1, -0.05) is 70.5 Å². The molecular weight excluding hydrogens is 460 g/mol. The molecule has 4 rings (SSSR count). The van der Waals surface area contributed by atoms with Gasteiger partial charge in [0.25, 0.3) is 0 Å². The highest BCUT2D eigenvalue weighted by molar-refractivity contribution is 6.33. The average Bonchev–Trinajstić information content (AvgIpc) is 2.98. The summed E-state index contributed by atoms with van der Waals surface area (Å²) in [4.78, 5) is 29.1. The first kappa shape index (κ1) is 26.8. The lowest BCUT2D eigenvalue weighted by atomic mass is 9.95. The number of nitrogens with one attached hydrogen (secondary N) is 2. The Morgan fingerprint density at radius 2 is 1.83 bits per heavy atom. The molecule has 7 heteroatoms. The van der Waals surface area contributed by atoms with Crippen molar-refractivity contribution in [3.63, 3.8) is 0 Å². The van der Waals surface area contributed by atoms with Crippen molar-refractivity contribution in [3.8, 4) is 0 Å². The fourth-order valence-electron chi connectivity index (χ4n) is 4.38. The standard InChI is InChI=1S/C26H31ClN4O2.C2H6/c1-17-16-30(22-11-12-24(32)29-21-8-6-5-7-19(21)22)13-14-31(17)23-10-9-18(15-20(23)27)28-25(33)26(2,3)4;1-2/h5-12,15,17,22H,13-14,16H2,1-4H3,(H,28,33)(H,29,32);1-2H3/t17-,22?;/m1./s1. The molecule has 2 aromatic rings. The van der Waals surface area contributed by atoms with Gasteiger partial charge in [0.15, 0.2) is 0 Å². The highest BCUT2D eigenvalue weighted by atomic mass is 35.5. The molecule has 188 valence electrons. The molecule has 1 saturated heterocycles. The van der Waals surface area contributed by atoms with Crippen molar-refractivity contribution < 1.29 is 9.59 Å². The number of amides is 2. The minimum absolute atomic E-state index is 0.0372. The second-order valence-corrected chi connectivity index (χ2v) is 10.2. The summed E-state index contributed by atoms with van der Waals surface area (Å²) in [5, 5.41) is 6.53. The molecule has 2 heterocycles. The van der Waals surface area contributed by atoms with E-state index < -0.39 is 5.41 Å². The first-order valence-electron chi connectivity index (χ1n) is 12.3. The molecule has 2 atom stereocenters. The fraction of sp³-hybridized carbons (Fsp3) is 0.429. The topological polar surface area (TPSA) is 64.7 Å². The lowest BCUT2D eigenvalue weighted by Gasteiger charge is -2.44. The van der Waals surface area contributed by atoms with E-state index in [2.05, 4.69) is 33.4 Å². The van der Waals surface area contributed by atoms with E-state index in [1.807, 2.05) is 77.1 Å². The zero-order valence-corrected chi connectivity index (χ0v) is 22.3. The summed E-state index contributed by atoms with van der Waals surface area (Å²) >= 11 is 6.65. The lowest BCUT2D eigenvalue weighted by molar-refractivity contribution is -0.123. The zero-order chi connectivity index (χ0) is 25.8. The number of piperazine rings is 1. The van der Waals surface area contributed by atoms with Gasteiger partial charge in [-0.05, 0) is 36.8 Å². The molecule has 1 fully saturated rings. The number of carbonyl (C=O) groups is 2. The van der Waals surface area contributed by atoms with E-state index in [4.69, 9.17) is 11.6 Å². The lowest BCUT2D eigenvalue weighted by Crippen LogP contribution is -2.52. The molecule has 0 aliphatic carbocycles. The Morgan fingerprint density at radius 3 is 2.49 bits per heavy atom. The Balaban J connectivity index is 0.00000167. The molecule has 2 amide bonds. The Hall–Kier alpha value is -2.83. The van der Waals surface area contributed by atoms with Crippen LogP contribution in [0.4, 0.5) is 17.1 Å². The third-order valence-electron chi connectivity index (χ3n) is 6.22. The van der Waals surface area contributed by atoms with E-state index in [0.717, 1.165) is 36.6 Å². The largest absolute Gasteiger partial charge is 0.365 e. The predicted octanol–water partition coefficient (Wildman–Crippen LogP) is 6.11. The molecule has 2 N–H and O–H groups in total. The van der Waals surface area contributed by atoms with Crippen LogP contribution in [0.5, 0.6) is 0 Å². The number of hydrogen-bond acceptors (Lipinski definition) is 4. The number of carbonyl (C=O) groups excluding carboxylic acids is 2. The van der Waals surface area contributed by atoms with Crippen LogP contribution in [0.1, 0.15) is 53.1 Å². The van der Waals surface area contributed by atoms with Crippen molar-refractivity contribution in [2.24, 2.45) is 5.41 Å². The molecule has 0 spiro atoms. The van der Waals surface area contributed by atoms with Crippen LogP contribution in [-0.4, -0.2) is 42.4 Å². The monoisotopic (exact) mass is 496 g/mol. The van der Waals surface area contributed by atoms with Crippen LogP contribution < -0.4 is 15.5 Å². The second-order valence-electron chi connectivity index (χ2n) is 9.79. The molecule has 1 unspecified atom stereocenters. The molecular formula is C28H37ClN4O2. The number of fused-ring (bicyclic) bond motifs is 1. The Labute approximate surface area is 214 Å². The molecule has 2 aliphatic rings. The second kappa shape index (κ2) is 11.3. The van der Waals surface area contributed by atoms with Gasteiger partial charge in [0.05, 0.1) is 16.8 Å². The molecule has 35 heavy (non-hydrogen) atoms. The van der Waals surface area contributed by atoms with Crippen LogP contribution in [-0.2, 0) is 9.59 Å². The van der Waals surface area contributed by atoms with E-state index in [-0.39, 0.29) is 23.9 Å². The van der Waals surface area contributed by atoms with Crippen molar-refractivity contribution >= 4 is 40.5 Å². The third kappa shape index (κ3) is 6.24. The van der Waals surface area contributed by atoms with Gasteiger partial charge >= 0.3 is 0 Å². The van der Waals surface area contributed by atoms with Crippen molar-refractivity contribution in [2.45, 2.75) is 53.6 Å². The maximum atomic E-state index is 12.3. The number of benzene rings is 2.